The van der Waals surface area contributed by atoms with E-state index in [1.54, 1.807) is 0 Å². The van der Waals surface area contributed by atoms with E-state index >= 15 is 0 Å². The number of ketones is 1. The summed E-state index contributed by atoms with van der Waals surface area (Å²) in [6.07, 6.45) is 2.76. The molecule has 4 heteroatoms. The number of hydrogen-bond donors (Lipinski definition) is 1. The summed E-state index contributed by atoms with van der Waals surface area (Å²) in [5.74, 6) is -0.0679. The van der Waals surface area contributed by atoms with E-state index in [4.69, 9.17) is 4.74 Å². The Bertz CT molecular complexity index is 416. The molecule has 0 spiro atoms. The maximum Gasteiger partial charge on any atom is 0.167 e. The Labute approximate surface area is 100.0 Å². The van der Waals surface area contributed by atoms with E-state index in [1.807, 2.05) is 0 Å². The summed E-state index contributed by atoms with van der Waals surface area (Å²) in [7, 11) is 1.48. The fourth-order valence-corrected chi connectivity index (χ4v) is 1.71. The predicted molar refractivity (Wildman–Crippen MR) is 62.9 cm³/mol. The van der Waals surface area contributed by atoms with Crippen molar-refractivity contribution in [1.82, 2.24) is 5.32 Å². The third kappa shape index (κ3) is 3.27. The highest BCUT2D eigenvalue weighted by atomic mass is 19.1. The van der Waals surface area contributed by atoms with Gasteiger partial charge in [0.15, 0.2) is 5.78 Å². The Balaban J connectivity index is 1.98. The smallest absolute Gasteiger partial charge is 0.167 e. The summed E-state index contributed by atoms with van der Waals surface area (Å²) >= 11 is 0. The molecule has 0 saturated heterocycles. The van der Waals surface area contributed by atoms with E-state index in [0.29, 0.717) is 30.3 Å². The molecule has 1 aromatic carbocycles. The first-order valence-electron chi connectivity index (χ1n) is 5.81. The molecule has 0 bridgehead atoms. The molecular weight excluding hydrogens is 221 g/mol. The van der Waals surface area contributed by atoms with Crippen LogP contribution < -0.4 is 10.1 Å². The SMILES string of the molecule is COc1ccc(F)cc1C(=O)CCNC1CC1. The number of rotatable bonds is 6. The first-order chi connectivity index (χ1) is 8.20. The van der Waals surface area contributed by atoms with Crippen molar-refractivity contribution in [2.24, 2.45) is 0 Å². The number of carbonyl (C=O) groups excluding carboxylic acids is 1. The van der Waals surface area contributed by atoms with E-state index in [1.165, 1.54) is 38.2 Å². The molecule has 1 N–H and O–H groups in total. The maximum atomic E-state index is 13.1. The molecule has 0 aliphatic heterocycles. The Morgan fingerprint density at radius 1 is 1.53 bits per heavy atom. The fraction of sp³-hybridized carbons (Fsp3) is 0.462. The van der Waals surface area contributed by atoms with Gasteiger partial charge in [-0.15, -0.1) is 0 Å². The average molecular weight is 237 g/mol. The van der Waals surface area contributed by atoms with Crippen molar-refractivity contribution in [3.05, 3.63) is 29.6 Å². The molecular formula is C13H16FNO2. The zero-order valence-electron chi connectivity index (χ0n) is 9.83. The molecule has 1 aliphatic rings. The first kappa shape index (κ1) is 12.0. The van der Waals surface area contributed by atoms with Gasteiger partial charge in [0.05, 0.1) is 12.7 Å². The van der Waals surface area contributed by atoms with Gasteiger partial charge >= 0.3 is 0 Å². The van der Waals surface area contributed by atoms with Crippen LogP contribution in [-0.4, -0.2) is 25.5 Å². The average Bonchev–Trinajstić information content (AvgIpc) is 3.13. The molecule has 1 aliphatic carbocycles. The number of ether oxygens (including phenoxy) is 1. The third-order valence-electron chi connectivity index (χ3n) is 2.82. The quantitative estimate of drug-likeness (QED) is 0.770. The molecule has 17 heavy (non-hydrogen) atoms. The molecule has 1 saturated carbocycles. The third-order valence-corrected chi connectivity index (χ3v) is 2.82. The Morgan fingerprint density at radius 3 is 2.94 bits per heavy atom. The minimum Gasteiger partial charge on any atom is -0.496 e. The highest BCUT2D eigenvalue weighted by Gasteiger charge is 2.20. The summed E-state index contributed by atoms with van der Waals surface area (Å²) in [5, 5.41) is 3.25. The number of Topliss-reactive ketones (excluding diaryl/α,β-unsaturated/α-hetero) is 1. The van der Waals surface area contributed by atoms with E-state index in [0.717, 1.165) is 0 Å². The van der Waals surface area contributed by atoms with Gasteiger partial charge in [0.1, 0.15) is 11.6 Å². The molecule has 0 aromatic heterocycles. The number of methoxy groups -OCH3 is 1. The van der Waals surface area contributed by atoms with Crippen LogP contribution in [0.3, 0.4) is 0 Å². The molecule has 0 heterocycles. The summed E-state index contributed by atoms with van der Waals surface area (Å²) in [4.78, 5) is 11.9. The van der Waals surface area contributed by atoms with Crippen LogP contribution in [0.1, 0.15) is 29.6 Å². The van der Waals surface area contributed by atoms with Crippen LogP contribution in [0.15, 0.2) is 18.2 Å². The first-order valence-corrected chi connectivity index (χ1v) is 5.81. The topological polar surface area (TPSA) is 38.3 Å². The minimum atomic E-state index is -0.413. The summed E-state index contributed by atoms with van der Waals surface area (Å²) in [5.41, 5.74) is 0.324. The van der Waals surface area contributed by atoms with Gasteiger partial charge in [-0.25, -0.2) is 4.39 Å². The van der Waals surface area contributed by atoms with E-state index in [2.05, 4.69) is 5.32 Å². The van der Waals surface area contributed by atoms with Gasteiger partial charge in [-0.05, 0) is 31.0 Å². The molecule has 2 rings (SSSR count). The second-order valence-corrected chi connectivity index (χ2v) is 4.25. The van der Waals surface area contributed by atoms with E-state index < -0.39 is 5.82 Å². The second-order valence-electron chi connectivity index (χ2n) is 4.25. The Kier molecular flexibility index (Phi) is 3.74. The van der Waals surface area contributed by atoms with Gasteiger partial charge in [-0.3, -0.25) is 4.79 Å². The van der Waals surface area contributed by atoms with Crippen molar-refractivity contribution < 1.29 is 13.9 Å². The van der Waals surface area contributed by atoms with Crippen LogP contribution in [0.5, 0.6) is 5.75 Å². The molecule has 0 unspecified atom stereocenters. The van der Waals surface area contributed by atoms with Gasteiger partial charge in [0, 0.05) is 19.0 Å². The van der Waals surface area contributed by atoms with Gasteiger partial charge < -0.3 is 10.1 Å². The van der Waals surface area contributed by atoms with E-state index in [-0.39, 0.29) is 5.78 Å². The van der Waals surface area contributed by atoms with Gasteiger partial charge in [0.2, 0.25) is 0 Å². The van der Waals surface area contributed by atoms with Gasteiger partial charge in [0.25, 0.3) is 0 Å². The number of halogens is 1. The number of benzene rings is 1. The van der Waals surface area contributed by atoms with Crippen molar-refractivity contribution in [3.63, 3.8) is 0 Å². The van der Waals surface area contributed by atoms with Crippen LogP contribution in [0, 0.1) is 5.82 Å². The van der Waals surface area contributed by atoms with Crippen LogP contribution in [-0.2, 0) is 0 Å². The van der Waals surface area contributed by atoms with Crippen molar-refractivity contribution >= 4 is 5.78 Å². The van der Waals surface area contributed by atoms with Crippen molar-refractivity contribution in [1.29, 1.82) is 0 Å². The minimum absolute atomic E-state index is 0.0884. The van der Waals surface area contributed by atoms with Crippen LogP contribution in [0.25, 0.3) is 0 Å². The van der Waals surface area contributed by atoms with Crippen LogP contribution in [0.4, 0.5) is 4.39 Å². The Morgan fingerprint density at radius 2 is 2.29 bits per heavy atom. The lowest BCUT2D eigenvalue weighted by molar-refractivity contribution is 0.0979. The highest BCUT2D eigenvalue weighted by Crippen LogP contribution is 2.21. The highest BCUT2D eigenvalue weighted by molar-refractivity contribution is 5.98. The van der Waals surface area contributed by atoms with Crippen molar-refractivity contribution in [2.45, 2.75) is 25.3 Å². The summed E-state index contributed by atoms with van der Waals surface area (Å²) in [6.45, 7) is 0.642. The molecule has 0 radical (unpaired) electrons. The standard InChI is InChI=1S/C13H16FNO2/c1-17-13-5-2-9(14)8-11(13)12(16)6-7-15-10-3-4-10/h2,5,8,10,15H,3-4,6-7H2,1H3. The second kappa shape index (κ2) is 5.27. The lowest BCUT2D eigenvalue weighted by atomic mass is 10.1. The number of nitrogens with one attached hydrogen (secondary N) is 1. The number of carbonyl (C=O) groups is 1. The molecule has 0 atom stereocenters. The van der Waals surface area contributed by atoms with Crippen LogP contribution in [0.2, 0.25) is 0 Å². The van der Waals surface area contributed by atoms with Crippen molar-refractivity contribution in [3.8, 4) is 5.75 Å². The lowest BCUT2D eigenvalue weighted by Crippen LogP contribution is -2.20. The van der Waals surface area contributed by atoms with Gasteiger partial charge in [-0.1, -0.05) is 0 Å². The van der Waals surface area contributed by atoms with Crippen molar-refractivity contribution in [2.75, 3.05) is 13.7 Å². The summed E-state index contributed by atoms with van der Waals surface area (Å²) in [6, 6.07) is 4.59. The normalized spacial score (nSPS) is 14.7. The number of hydrogen-bond acceptors (Lipinski definition) is 3. The van der Waals surface area contributed by atoms with E-state index in [9.17, 15) is 9.18 Å². The lowest BCUT2D eigenvalue weighted by Gasteiger charge is -2.08. The zero-order valence-corrected chi connectivity index (χ0v) is 9.83. The largest absolute Gasteiger partial charge is 0.496 e. The zero-order chi connectivity index (χ0) is 12.3. The molecule has 1 fully saturated rings. The maximum absolute atomic E-state index is 13.1. The predicted octanol–water partition coefficient (Wildman–Crippen LogP) is 2.16. The molecule has 0 amide bonds. The molecule has 1 aromatic rings. The molecule has 92 valence electrons. The van der Waals surface area contributed by atoms with Crippen LogP contribution >= 0.6 is 0 Å². The fourth-order valence-electron chi connectivity index (χ4n) is 1.71. The van der Waals surface area contributed by atoms with Gasteiger partial charge in [-0.2, -0.15) is 0 Å². The molecule has 3 nitrogen and oxygen atoms in total. The summed E-state index contributed by atoms with van der Waals surface area (Å²) < 4.78 is 18.1. The Hall–Kier alpha value is -1.42. The monoisotopic (exact) mass is 237 g/mol.